The van der Waals surface area contributed by atoms with Crippen LogP contribution in [0, 0.1) is 0 Å². The van der Waals surface area contributed by atoms with E-state index in [1.54, 1.807) is 12.4 Å². The van der Waals surface area contributed by atoms with Gasteiger partial charge in [0.2, 0.25) is 5.65 Å². The van der Waals surface area contributed by atoms with Gasteiger partial charge in [-0.1, -0.05) is 12.1 Å². The van der Waals surface area contributed by atoms with Crippen LogP contribution in [-0.2, 0) is 4.74 Å². The van der Waals surface area contributed by atoms with Crippen LogP contribution < -0.4 is 10.2 Å². The molecule has 3 heterocycles. The van der Waals surface area contributed by atoms with E-state index in [1.807, 2.05) is 45.7 Å². The molecule has 2 aromatic carbocycles. The van der Waals surface area contributed by atoms with Gasteiger partial charge < -0.3 is 20.1 Å². The monoisotopic (exact) mass is 390 g/mol. The Balaban J connectivity index is 1.55. The van der Waals surface area contributed by atoms with Crippen molar-refractivity contribution in [3.8, 4) is 0 Å². The Labute approximate surface area is 165 Å². The van der Waals surface area contributed by atoms with Crippen molar-refractivity contribution in [1.29, 1.82) is 0 Å². The van der Waals surface area contributed by atoms with Crippen molar-refractivity contribution in [2.75, 3.05) is 36.5 Å². The van der Waals surface area contributed by atoms with Crippen LogP contribution in [0.3, 0.4) is 0 Å². The molecule has 1 saturated heterocycles. The standard InChI is InChI=1S/C20H18N6O3/c27-20(28)14-11-13(5-6-16(14)25-7-9-29-10-8-25)22-18-19-24-21-12-26(19)17-4-2-1-3-15(17)23-18/h1-6,11-12H,7-10H2,(H,22,23)(H,27,28). The predicted octanol–water partition coefficient (Wildman–Crippen LogP) is 2.56. The van der Waals surface area contributed by atoms with Gasteiger partial charge in [-0.2, -0.15) is 0 Å². The van der Waals surface area contributed by atoms with E-state index in [1.165, 1.54) is 0 Å². The third-order valence-corrected chi connectivity index (χ3v) is 4.97. The van der Waals surface area contributed by atoms with Crippen molar-refractivity contribution in [1.82, 2.24) is 19.6 Å². The number of carboxylic acid groups (broad SMARTS) is 1. The van der Waals surface area contributed by atoms with Gasteiger partial charge in [0.25, 0.3) is 0 Å². The van der Waals surface area contributed by atoms with Crippen LogP contribution in [0.25, 0.3) is 16.7 Å². The minimum Gasteiger partial charge on any atom is -0.478 e. The number of benzene rings is 2. The van der Waals surface area contributed by atoms with Crippen molar-refractivity contribution in [3.05, 3.63) is 54.4 Å². The maximum Gasteiger partial charge on any atom is 0.337 e. The van der Waals surface area contributed by atoms with Crippen LogP contribution in [0.1, 0.15) is 10.4 Å². The lowest BCUT2D eigenvalue weighted by Crippen LogP contribution is -2.37. The summed E-state index contributed by atoms with van der Waals surface area (Å²) >= 11 is 0. The number of hydrogen-bond acceptors (Lipinski definition) is 7. The summed E-state index contributed by atoms with van der Waals surface area (Å²) in [4.78, 5) is 18.6. The fraction of sp³-hybridized carbons (Fsp3) is 0.200. The van der Waals surface area contributed by atoms with E-state index in [9.17, 15) is 9.90 Å². The van der Waals surface area contributed by atoms with Crippen molar-refractivity contribution < 1.29 is 14.6 Å². The molecule has 0 atom stereocenters. The summed E-state index contributed by atoms with van der Waals surface area (Å²) in [5.41, 5.74) is 3.78. The van der Waals surface area contributed by atoms with Gasteiger partial charge in [0, 0.05) is 18.8 Å². The third kappa shape index (κ3) is 3.11. The fourth-order valence-corrected chi connectivity index (χ4v) is 3.59. The molecule has 9 nitrogen and oxygen atoms in total. The van der Waals surface area contributed by atoms with Gasteiger partial charge in [-0.15, -0.1) is 10.2 Å². The molecule has 5 rings (SSSR count). The lowest BCUT2D eigenvalue weighted by molar-refractivity contribution is 0.0696. The number of rotatable bonds is 4. The van der Waals surface area contributed by atoms with Crippen LogP contribution >= 0.6 is 0 Å². The second kappa shape index (κ2) is 7.02. The van der Waals surface area contributed by atoms with Crippen molar-refractivity contribution >= 4 is 39.8 Å². The highest BCUT2D eigenvalue weighted by molar-refractivity contribution is 5.96. The number of aromatic nitrogens is 4. The first-order chi connectivity index (χ1) is 14.2. The van der Waals surface area contributed by atoms with Crippen LogP contribution in [-0.4, -0.2) is 57.0 Å². The third-order valence-electron chi connectivity index (χ3n) is 4.97. The van der Waals surface area contributed by atoms with Gasteiger partial charge in [0.05, 0.1) is 35.5 Å². The highest BCUT2D eigenvalue weighted by Crippen LogP contribution is 2.28. The van der Waals surface area contributed by atoms with Gasteiger partial charge >= 0.3 is 5.97 Å². The Kier molecular flexibility index (Phi) is 4.21. The molecular formula is C20H18N6O3. The average molecular weight is 390 g/mol. The van der Waals surface area contributed by atoms with Gasteiger partial charge in [0.1, 0.15) is 6.33 Å². The molecule has 1 aliphatic heterocycles. The number of anilines is 3. The zero-order chi connectivity index (χ0) is 19.8. The summed E-state index contributed by atoms with van der Waals surface area (Å²) in [6, 6.07) is 13.0. The van der Waals surface area contributed by atoms with Gasteiger partial charge in [0.15, 0.2) is 5.82 Å². The lowest BCUT2D eigenvalue weighted by Gasteiger charge is -2.30. The minimum atomic E-state index is -0.978. The van der Waals surface area contributed by atoms with Crippen LogP contribution in [0.5, 0.6) is 0 Å². The molecular weight excluding hydrogens is 372 g/mol. The number of aromatic carboxylic acids is 1. The van der Waals surface area contributed by atoms with E-state index in [-0.39, 0.29) is 5.56 Å². The maximum atomic E-state index is 11.9. The molecule has 29 heavy (non-hydrogen) atoms. The van der Waals surface area contributed by atoms with E-state index in [4.69, 9.17) is 4.74 Å². The fourth-order valence-electron chi connectivity index (χ4n) is 3.59. The molecule has 0 radical (unpaired) electrons. The second-order valence-corrected chi connectivity index (χ2v) is 6.74. The molecule has 0 bridgehead atoms. The normalized spacial score (nSPS) is 14.4. The van der Waals surface area contributed by atoms with E-state index in [0.29, 0.717) is 49.1 Å². The number of para-hydroxylation sites is 2. The van der Waals surface area contributed by atoms with Crippen LogP contribution in [0.4, 0.5) is 17.2 Å². The highest BCUT2D eigenvalue weighted by atomic mass is 16.5. The number of morpholine rings is 1. The molecule has 1 aliphatic rings. The summed E-state index contributed by atoms with van der Waals surface area (Å²) in [6.07, 6.45) is 1.63. The molecule has 0 unspecified atom stereocenters. The summed E-state index contributed by atoms with van der Waals surface area (Å²) in [7, 11) is 0. The summed E-state index contributed by atoms with van der Waals surface area (Å²) in [5.74, 6) is -0.467. The summed E-state index contributed by atoms with van der Waals surface area (Å²) in [6.45, 7) is 2.51. The van der Waals surface area contributed by atoms with Gasteiger partial charge in [-0.05, 0) is 30.3 Å². The number of nitrogens with one attached hydrogen (secondary N) is 1. The Morgan fingerprint density at radius 2 is 1.97 bits per heavy atom. The SMILES string of the molecule is O=C(O)c1cc(Nc2nc3ccccc3n3cnnc23)ccc1N1CCOCC1. The van der Waals surface area contributed by atoms with Gasteiger partial charge in [-0.25, -0.2) is 9.78 Å². The Bertz CT molecular complexity index is 1220. The number of fused-ring (bicyclic) bond motifs is 3. The Morgan fingerprint density at radius 3 is 2.79 bits per heavy atom. The predicted molar refractivity (Wildman–Crippen MR) is 108 cm³/mol. The van der Waals surface area contributed by atoms with E-state index >= 15 is 0 Å². The minimum absolute atomic E-state index is 0.232. The van der Waals surface area contributed by atoms with E-state index in [2.05, 4.69) is 20.5 Å². The molecule has 4 aromatic rings. The molecule has 0 aliphatic carbocycles. The summed E-state index contributed by atoms with van der Waals surface area (Å²) < 4.78 is 7.22. The zero-order valence-corrected chi connectivity index (χ0v) is 15.4. The zero-order valence-electron chi connectivity index (χ0n) is 15.4. The number of hydrogen-bond donors (Lipinski definition) is 2. The van der Waals surface area contributed by atoms with E-state index < -0.39 is 5.97 Å². The van der Waals surface area contributed by atoms with Gasteiger partial charge in [-0.3, -0.25) is 4.40 Å². The molecule has 146 valence electrons. The smallest absolute Gasteiger partial charge is 0.337 e. The first-order valence-corrected chi connectivity index (χ1v) is 9.26. The van der Waals surface area contributed by atoms with E-state index in [0.717, 1.165) is 11.0 Å². The topological polar surface area (TPSA) is 105 Å². The first-order valence-electron chi connectivity index (χ1n) is 9.26. The maximum absolute atomic E-state index is 11.9. The van der Waals surface area contributed by atoms with Crippen molar-refractivity contribution in [2.45, 2.75) is 0 Å². The Hall–Kier alpha value is -3.72. The molecule has 1 fully saturated rings. The molecule has 2 N–H and O–H groups in total. The number of ether oxygens (including phenoxy) is 1. The van der Waals surface area contributed by atoms with Crippen molar-refractivity contribution in [3.63, 3.8) is 0 Å². The first kappa shape index (κ1) is 17.4. The lowest BCUT2D eigenvalue weighted by atomic mass is 10.1. The molecule has 0 spiro atoms. The van der Waals surface area contributed by atoms with Crippen LogP contribution in [0.2, 0.25) is 0 Å². The molecule has 9 heteroatoms. The number of carboxylic acids is 1. The molecule has 0 amide bonds. The van der Waals surface area contributed by atoms with Crippen molar-refractivity contribution in [2.24, 2.45) is 0 Å². The summed E-state index contributed by atoms with van der Waals surface area (Å²) in [5, 5.41) is 21.1. The Morgan fingerprint density at radius 1 is 1.14 bits per heavy atom. The number of carbonyl (C=O) groups is 1. The largest absolute Gasteiger partial charge is 0.478 e. The average Bonchev–Trinajstić information content (AvgIpc) is 3.25. The molecule has 2 aromatic heterocycles. The quantitative estimate of drug-likeness (QED) is 0.548. The highest BCUT2D eigenvalue weighted by Gasteiger charge is 2.19. The second-order valence-electron chi connectivity index (χ2n) is 6.74. The van der Waals surface area contributed by atoms with Crippen LogP contribution in [0.15, 0.2) is 48.8 Å². The molecule has 0 saturated carbocycles. The number of nitrogens with zero attached hydrogens (tertiary/aromatic N) is 5.